The summed E-state index contributed by atoms with van der Waals surface area (Å²) in [6.07, 6.45) is 4.85. The third kappa shape index (κ3) is 2.42. The first-order valence-corrected chi connectivity index (χ1v) is 7.51. The van der Waals surface area contributed by atoms with E-state index in [1.807, 2.05) is 35.2 Å². The van der Waals surface area contributed by atoms with Crippen LogP contribution in [0.5, 0.6) is 0 Å². The summed E-state index contributed by atoms with van der Waals surface area (Å²) < 4.78 is 5.40. The van der Waals surface area contributed by atoms with E-state index in [-0.39, 0.29) is 5.91 Å². The van der Waals surface area contributed by atoms with Gasteiger partial charge >= 0.3 is 0 Å². The number of anilines is 1. The Hall–Kier alpha value is -2.23. The molecule has 1 N–H and O–H groups in total. The van der Waals surface area contributed by atoms with Crippen molar-refractivity contribution in [3.8, 4) is 0 Å². The van der Waals surface area contributed by atoms with Crippen molar-refractivity contribution < 1.29 is 9.21 Å². The summed E-state index contributed by atoms with van der Waals surface area (Å²) in [5, 5.41) is 3.33. The minimum absolute atomic E-state index is 0.114. The van der Waals surface area contributed by atoms with E-state index in [0.29, 0.717) is 12.6 Å². The van der Waals surface area contributed by atoms with Crippen molar-refractivity contribution >= 4 is 11.6 Å². The molecular weight excluding hydrogens is 264 g/mol. The SMILES string of the molecule is O=C(c1ccc2c(c1)CCN2)N(Cc1ccco1)C1CC1. The van der Waals surface area contributed by atoms with Crippen molar-refractivity contribution in [2.45, 2.75) is 31.8 Å². The molecule has 2 heterocycles. The van der Waals surface area contributed by atoms with Gasteiger partial charge in [0.05, 0.1) is 12.8 Å². The molecule has 0 bridgehead atoms. The highest BCUT2D eigenvalue weighted by Gasteiger charge is 2.33. The second kappa shape index (κ2) is 4.95. The topological polar surface area (TPSA) is 45.5 Å². The van der Waals surface area contributed by atoms with Gasteiger partial charge in [-0.1, -0.05) is 0 Å². The summed E-state index contributed by atoms with van der Waals surface area (Å²) in [4.78, 5) is 14.8. The first-order chi connectivity index (χ1) is 10.3. The second-order valence-corrected chi connectivity index (χ2v) is 5.79. The Morgan fingerprint density at radius 1 is 1.33 bits per heavy atom. The maximum Gasteiger partial charge on any atom is 0.254 e. The third-order valence-electron chi connectivity index (χ3n) is 4.22. The Morgan fingerprint density at radius 3 is 3.00 bits per heavy atom. The van der Waals surface area contributed by atoms with E-state index >= 15 is 0 Å². The molecule has 1 aliphatic heterocycles. The molecule has 0 radical (unpaired) electrons. The van der Waals surface area contributed by atoms with Crippen molar-refractivity contribution in [2.24, 2.45) is 0 Å². The summed E-state index contributed by atoms with van der Waals surface area (Å²) in [5.41, 5.74) is 3.20. The number of hydrogen-bond acceptors (Lipinski definition) is 3. The lowest BCUT2D eigenvalue weighted by Gasteiger charge is -2.21. The monoisotopic (exact) mass is 282 g/mol. The van der Waals surface area contributed by atoms with Gasteiger partial charge in [-0.2, -0.15) is 0 Å². The molecule has 0 spiro atoms. The molecule has 4 heteroatoms. The molecule has 4 rings (SSSR count). The predicted octanol–water partition coefficient (Wildman–Crippen LogP) is 3.05. The largest absolute Gasteiger partial charge is 0.467 e. The molecule has 1 aromatic heterocycles. The highest BCUT2D eigenvalue weighted by Crippen LogP contribution is 2.31. The molecular formula is C17H18N2O2. The average molecular weight is 282 g/mol. The minimum atomic E-state index is 0.114. The Bertz CT molecular complexity index is 659. The quantitative estimate of drug-likeness (QED) is 0.937. The number of carbonyl (C=O) groups excluding carboxylic acids is 1. The van der Waals surface area contributed by atoms with E-state index in [4.69, 9.17) is 4.42 Å². The van der Waals surface area contributed by atoms with Crippen molar-refractivity contribution in [3.63, 3.8) is 0 Å². The third-order valence-corrected chi connectivity index (χ3v) is 4.22. The predicted molar refractivity (Wildman–Crippen MR) is 80.2 cm³/mol. The Labute approximate surface area is 123 Å². The molecule has 21 heavy (non-hydrogen) atoms. The Balaban J connectivity index is 1.59. The Kier molecular flexibility index (Phi) is 2.95. The lowest BCUT2D eigenvalue weighted by Crippen LogP contribution is -2.32. The number of nitrogens with zero attached hydrogens (tertiary/aromatic N) is 1. The van der Waals surface area contributed by atoms with E-state index in [1.54, 1.807) is 6.26 Å². The highest BCUT2D eigenvalue weighted by atomic mass is 16.3. The van der Waals surface area contributed by atoms with E-state index in [0.717, 1.165) is 42.8 Å². The maximum atomic E-state index is 12.8. The van der Waals surface area contributed by atoms with Crippen molar-refractivity contribution in [1.29, 1.82) is 0 Å². The second-order valence-electron chi connectivity index (χ2n) is 5.79. The Morgan fingerprint density at radius 2 is 2.24 bits per heavy atom. The number of carbonyl (C=O) groups is 1. The van der Waals surface area contributed by atoms with Crippen LogP contribution in [-0.4, -0.2) is 23.4 Å². The zero-order chi connectivity index (χ0) is 14.2. The summed E-state index contributed by atoms with van der Waals surface area (Å²) in [5.74, 6) is 0.960. The molecule has 1 saturated carbocycles. The number of hydrogen-bond donors (Lipinski definition) is 1. The number of fused-ring (bicyclic) bond motifs is 1. The summed E-state index contributed by atoms with van der Waals surface area (Å²) >= 11 is 0. The highest BCUT2D eigenvalue weighted by molar-refractivity contribution is 5.95. The van der Waals surface area contributed by atoms with Gasteiger partial charge in [0.25, 0.3) is 5.91 Å². The molecule has 2 aliphatic rings. The van der Waals surface area contributed by atoms with E-state index < -0.39 is 0 Å². The van der Waals surface area contributed by atoms with Gasteiger partial charge in [-0.05, 0) is 55.2 Å². The van der Waals surface area contributed by atoms with E-state index in [1.165, 1.54) is 5.56 Å². The fourth-order valence-corrected chi connectivity index (χ4v) is 2.93. The summed E-state index contributed by atoms with van der Waals surface area (Å²) in [6.45, 7) is 1.53. The van der Waals surface area contributed by atoms with Gasteiger partial charge in [0.2, 0.25) is 0 Å². The van der Waals surface area contributed by atoms with Crippen LogP contribution in [-0.2, 0) is 13.0 Å². The van der Waals surface area contributed by atoms with Crippen LogP contribution in [0.15, 0.2) is 41.0 Å². The van der Waals surface area contributed by atoms with Gasteiger partial charge in [0.15, 0.2) is 0 Å². The van der Waals surface area contributed by atoms with Crippen LogP contribution in [0.25, 0.3) is 0 Å². The maximum absolute atomic E-state index is 12.8. The summed E-state index contributed by atoms with van der Waals surface area (Å²) in [6, 6.07) is 10.1. The zero-order valence-electron chi connectivity index (χ0n) is 11.8. The zero-order valence-corrected chi connectivity index (χ0v) is 11.8. The first kappa shape index (κ1) is 12.5. The van der Waals surface area contributed by atoms with Gasteiger partial charge in [-0.25, -0.2) is 0 Å². The fourth-order valence-electron chi connectivity index (χ4n) is 2.93. The molecule has 0 atom stereocenters. The number of furan rings is 1. The average Bonchev–Trinajstić information content (AvgIpc) is 3.02. The van der Waals surface area contributed by atoms with Crippen molar-refractivity contribution in [1.82, 2.24) is 4.90 Å². The van der Waals surface area contributed by atoms with Gasteiger partial charge in [-0.3, -0.25) is 4.79 Å². The molecule has 2 aromatic rings. The van der Waals surface area contributed by atoms with Crippen LogP contribution in [0.3, 0.4) is 0 Å². The molecule has 1 aliphatic carbocycles. The van der Waals surface area contributed by atoms with E-state index in [2.05, 4.69) is 5.32 Å². The van der Waals surface area contributed by atoms with Crippen LogP contribution >= 0.6 is 0 Å². The molecule has 1 amide bonds. The lowest BCUT2D eigenvalue weighted by molar-refractivity contribution is 0.0717. The molecule has 1 aromatic carbocycles. The van der Waals surface area contributed by atoms with Crippen LogP contribution in [0.4, 0.5) is 5.69 Å². The number of rotatable bonds is 4. The van der Waals surface area contributed by atoms with Gasteiger partial charge in [0, 0.05) is 23.8 Å². The fraction of sp³-hybridized carbons (Fsp3) is 0.353. The molecule has 4 nitrogen and oxygen atoms in total. The number of benzene rings is 1. The van der Waals surface area contributed by atoms with Crippen LogP contribution in [0.1, 0.15) is 34.5 Å². The van der Waals surface area contributed by atoms with Crippen molar-refractivity contribution in [3.05, 3.63) is 53.5 Å². The minimum Gasteiger partial charge on any atom is -0.467 e. The van der Waals surface area contributed by atoms with Crippen LogP contribution in [0.2, 0.25) is 0 Å². The molecule has 0 saturated heterocycles. The van der Waals surface area contributed by atoms with Crippen LogP contribution < -0.4 is 5.32 Å². The molecule has 108 valence electrons. The standard InChI is InChI=1S/C17H18N2O2/c20-17(13-3-6-16-12(10-13)7-8-18-16)19(14-4-5-14)11-15-2-1-9-21-15/h1-3,6,9-10,14,18H,4-5,7-8,11H2. The molecule has 1 fully saturated rings. The smallest absolute Gasteiger partial charge is 0.254 e. The normalized spacial score (nSPS) is 16.4. The number of nitrogens with one attached hydrogen (secondary N) is 1. The first-order valence-electron chi connectivity index (χ1n) is 7.51. The van der Waals surface area contributed by atoms with Crippen LogP contribution in [0, 0.1) is 0 Å². The summed E-state index contributed by atoms with van der Waals surface area (Å²) in [7, 11) is 0. The van der Waals surface area contributed by atoms with Gasteiger partial charge in [0.1, 0.15) is 5.76 Å². The number of amides is 1. The van der Waals surface area contributed by atoms with Gasteiger partial charge in [-0.15, -0.1) is 0 Å². The lowest BCUT2D eigenvalue weighted by atomic mass is 10.1. The van der Waals surface area contributed by atoms with E-state index in [9.17, 15) is 4.79 Å². The van der Waals surface area contributed by atoms with Crippen molar-refractivity contribution in [2.75, 3.05) is 11.9 Å². The molecule has 0 unspecified atom stereocenters. The van der Waals surface area contributed by atoms with Gasteiger partial charge < -0.3 is 14.6 Å².